The van der Waals surface area contributed by atoms with Crippen LogP contribution in [0, 0.1) is 12.8 Å². The maximum atomic E-state index is 11.9. The Morgan fingerprint density at radius 2 is 2.22 bits per heavy atom. The van der Waals surface area contributed by atoms with E-state index >= 15 is 0 Å². The van der Waals surface area contributed by atoms with E-state index in [4.69, 9.17) is 5.11 Å². The van der Waals surface area contributed by atoms with E-state index in [1.54, 1.807) is 0 Å². The van der Waals surface area contributed by atoms with Gasteiger partial charge < -0.3 is 10.0 Å². The van der Waals surface area contributed by atoms with E-state index in [9.17, 15) is 9.59 Å². The maximum absolute atomic E-state index is 11.9. The Labute approximate surface area is 110 Å². The van der Waals surface area contributed by atoms with Gasteiger partial charge in [-0.2, -0.15) is 0 Å². The summed E-state index contributed by atoms with van der Waals surface area (Å²) in [5.74, 6) is -0.825. The Bertz CT molecular complexity index is 431. The molecule has 0 unspecified atom stereocenters. The highest BCUT2D eigenvalue weighted by atomic mass is 32.1. The molecule has 1 rings (SSSR count). The van der Waals surface area contributed by atoms with Crippen LogP contribution in [-0.2, 0) is 4.79 Å². The van der Waals surface area contributed by atoms with Crippen LogP contribution in [0.1, 0.15) is 19.5 Å². The van der Waals surface area contributed by atoms with Crippen LogP contribution in [0.5, 0.6) is 0 Å². The molecule has 0 saturated carbocycles. The number of amides is 2. The number of aliphatic carboxylic acids is 1. The number of hydrogen-bond donors (Lipinski definition) is 2. The predicted molar refractivity (Wildman–Crippen MR) is 69.9 cm³/mol. The summed E-state index contributed by atoms with van der Waals surface area (Å²) in [5.41, 5.74) is 0.823. The molecule has 2 amide bonds. The zero-order chi connectivity index (χ0) is 13.7. The van der Waals surface area contributed by atoms with Gasteiger partial charge in [0, 0.05) is 11.9 Å². The van der Waals surface area contributed by atoms with Crippen molar-refractivity contribution in [1.29, 1.82) is 0 Å². The molecule has 1 aromatic rings. The van der Waals surface area contributed by atoms with Gasteiger partial charge >= 0.3 is 12.0 Å². The number of aromatic nitrogens is 1. The first-order valence-electron chi connectivity index (χ1n) is 5.58. The quantitative estimate of drug-likeness (QED) is 0.858. The summed E-state index contributed by atoms with van der Waals surface area (Å²) < 4.78 is 0. The molecule has 0 fully saturated rings. The van der Waals surface area contributed by atoms with Crippen molar-refractivity contribution in [3.8, 4) is 0 Å². The van der Waals surface area contributed by atoms with E-state index < -0.39 is 12.0 Å². The lowest BCUT2D eigenvalue weighted by Crippen LogP contribution is -2.40. The van der Waals surface area contributed by atoms with Crippen molar-refractivity contribution >= 4 is 28.5 Å². The Balaban J connectivity index is 2.66. The summed E-state index contributed by atoms with van der Waals surface area (Å²) in [7, 11) is 0. The Morgan fingerprint density at radius 1 is 1.56 bits per heavy atom. The summed E-state index contributed by atoms with van der Waals surface area (Å²) >= 11 is 1.32. The number of carboxylic acid groups (broad SMARTS) is 1. The van der Waals surface area contributed by atoms with Gasteiger partial charge in [0.1, 0.15) is 6.54 Å². The number of aryl methyl sites for hydroxylation is 1. The van der Waals surface area contributed by atoms with Gasteiger partial charge in [0.25, 0.3) is 0 Å². The fourth-order valence-corrected chi connectivity index (χ4v) is 2.08. The molecule has 0 bridgehead atoms. The number of rotatable bonds is 5. The van der Waals surface area contributed by atoms with Gasteiger partial charge in [-0.05, 0) is 12.8 Å². The topological polar surface area (TPSA) is 82.5 Å². The van der Waals surface area contributed by atoms with Crippen LogP contribution >= 0.6 is 11.3 Å². The minimum Gasteiger partial charge on any atom is -0.480 e. The van der Waals surface area contributed by atoms with Crippen molar-refractivity contribution in [2.45, 2.75) is 20.8 Å². The molecule has 0 radical (unpaired) electrons. The zero-order valence-corrected chi connectivity index (χ0v) is 11.5. The van der Waals surface area contributed by atoms with Crippen LogP contribution in [0.3, 0.4) is 0 Å². The summed E-state index contributed by atoms with van der Waals surface area (Å²) in [6.45, 7) is 5.76. The smallest absolute Gasteiger partial charge is 0.324 e. The van der Waals surface area contributed by atoms with Crippen LogP contribution < -0.4 is 5.32 Å². The maximum Gasteiger partial charge on any atom is 0.324 e. The minimum absolute atomic E-state index is 0.202. The molecule has 100 valence electrons. The van der Waals surface area contributed by atoms with Gasteiger partial charge in [-0.25, -0.2) is 9.78 Å². The molecule has 18 heavy (non-hydrogen) atoms. The second-order valence-electron chi connectivity index (χ2n) is 4.39. The molecule has 0 atom stereocenters. The first-order chi connectivity index (χ1) is 8.38. The minimum atomic E-state index is -1.03. The number of anilines is 1. The number of thiazole rings is 1. The van der Waals surface area contributed by atoms with Crippen molar-refractivity contribution in [3.05, 3.63) is 11.1 Å². The second kappa shape index (κ2) is 6.34. The summed E-state index contributed by atoms with van der Waals surface area (Å²) in [6, 6.07) is -0.430. The molecule has 7 heteroatoms. The van der Waals surface area contributed by atoms with Gasteiger partial charge in [0.05, 0.1) is 5.69 Å². The molecular formula is C11H17N3O3S. The van der Waals surface area contributed by atoms with Crippen LogP contribution in [0.15, 0.2) is 5.38 Å². The van der Waals surface area contributed by atoms with E-state index in [2.05, 4.69) is 10.3 Å². The van der Waals surface area contributed by atoms with E-state index in [1.807, 2.05) is 26.2 Å². The van der Waals surface area contributed by atoms with E-state index in [0.717, 1.165) is 5.69 Å². The van der Waals surface area contributed by atoms with E-state index in [1.165, 1.54) is 16.2 Å². The monoisotopic (exact) mass is 271 g/mol. The highest BCUT2D eigenvalue weighted by Crippen LogP contribution is 2.15. The fourth-order valence-electron chi connectivity index (χ4n) is 1.41. The third-order valence-electron chi connectivity index (χ3n) is 2.03. The van der Waals surface area contributed by atoms with Crippen LogP contribution in [0.2, 0.25) is 0 Å². The number of carboxylic acids is 1. The lowest BCUT2D eigenvalue weighted by molar-refractivity contribution is -0.137. The lowest BCUT2D eigenvalue weighted by atomic mass is 10.2. The number of nitrogens with zero attached hydrogens (tertiary/aromatic N) is 2. The summed E-state index contributed by atoms with van der Waals surface area (Å²) in [6.07, 6.45) is 0. The average molecular weight is 271 g/mol. The van der Waals surface area contributed by atoms with Crippen LogP contribution in [0.4, 0.5) is 9.93 Å². The molecule has 1 heterocycles. The van der Waals surface area contributed by atoms with Crippen molar-refractivity contribution < 1.29 is 14.7 Å². The molecule has 6 nitrogen and oxygen atoms in total. The van der Waals surface area contributed by atoms with Gasteiger partial charge in [-0.1, -0.05) is 13.8 Å². The van der Waals surface area contributed by atoms with Gasteiger partial charge in [-0.15, -0.1) is 11.3 Å². The summed E-state index contributed by atoms with van der Waals surface area (Å²) in [5, 5.41) is 13.7. The number of urea groups is 1. The standard InChI is InChI=1S/C11H17N3O3S/c1-7(2)4-14(5-9(15)16)11(17)13-10-12-8(3)6-18-10/h6-7H,4-5H2,1-3H3,(H,15,16)(H,12,13,17). The molecule has 0 aliphatic rings. The average Bonchev–Trinajstić information content (AvgIpc) is 2.61. The third kappa shape index (κ3) is 4.70. The molecule has 1 aromatic heterocycles. The first kappa shape index (κ1) is 14.4. The highest BCUT2D eigenvalue weighted by Gasteiger charge is 2.18. The number of hydrogen-bond acceptors (Lipinski definition) is 4. The largest absolute Gasteiger partial charge is 0.480 e. The Morgan fingerprint density at radius 3 is 2.67 bits per heavy atom. The molecule has 0 saturated heterocycles. The predicted octanol–water partition coefficient (Wildman–Crippen LogP) is 2.03. The van der Waals surface area contributed by atoms with Crippen LogP contribution in [-0.4, -0.2) is 40.1 Å². The van der Waals surface area contributed by atoms with Crippen molar-refractivity contribution in [3.63, 3.8) is 0 Å². The highest BCUT2D eigenvalue weighted by molar-refractivity contribution is 7.13. The van der Waals surface area contributed by atoms with Gasteiger partial charge in [-0.3, -0.25) is 10.1 Å². The van der Waals surface area contributed by atoms with Gasteiger partial charge in [0.2, 0.25) is 0 Å². The molecule has 0 aromatic carbocycles. The van der Waals surface area contributed by atoms with Crippen molar-refractivity contribution in [1.82, 2.24) is 9.88 Å². The van der Waals surface area contributed by atoms with Gasteiger partial charge in [0.15, 0.2) is 5.13 Å². The molecule has 0 spiro atoms. The van der Waals surface area contributed by atoms with Crippen molar-refractivity contribution in [2.75, 3.05) is 18.4 Å². The molecular weight excluding hydrogens is 254 g/mol. The van der Waals surface area contributed by atoms with Crippen molar-refractivity contribution in [2.24, 2.45) is 5.92 Å². The summed E-state index contributed by atoms with van der Waals surface area (Å²) in [4.78, 5) is 28.0. The molecule has 0 aliphatic heterocycles. The first-order valence-corrected chi connectivity index (χ1v) is 6.46. The lowest BCUT2D eigenvalue weighted by Gasteiger charge is -2.22. The van der Waals surface area contributed by atoms with Crippen LogP contribution in [0.25, 0.3) is 0 Å². The normalized spacial score (nSPS) is 10.4. The zero-order valence-electron chi connectivity index (χ0n) is 10.6. The second-order valence-corrected chi connectivity index (χ2v) is 5.25. The molecule has 2 N–H and O–H groups in total. The SMILES string of the molecule is Cc1csc(NC(=O)N(CC(=O)O)CC(C)C)n1. The van der Waals surface area contributed by atoms with E-state index in [0.29, 0.717) is 11.7 Å². The number of nitrogens with one attached hydrogen (secondary N) is 1. The number of carbonyl (C=O) groups excluding carboxylic acids is 1. The Hall–Kier alpha value is -1.63. The Kier molecular flexibility index (Phi) is 5.08. The van der Waals surface area contributed by atoms with E-state index in [-0.39, 0.29) is 12.5 Å². The fraction of sp³-hybridized carbons (Fsp3) is 0.545. The number of carbonyl (C=O) groups is 2. The third-order valence-corrected chi connectivity index (χ3v) is 2.91. The molecule has 0 aliphatic carbocycles.